The molecule has 0 radical (unpaired) electrons. The van der Waals surface area contributed by atoms with Crippen LogP contribution in [0.5, 0.6) is 0 Å². The Morgan fingerprint density at radius 2 is 1.04 bits per heavy atom. The summed E-state index contributed by atoms with van der Waals surface area (Å²) in [5.74, 6) is 0. The summed E-state index contributed by atoms with van der Waals surface area (Å²) in [5, 5.41) is 4.86. The first kappa shape index (κ1) is 22.4. The van der Waals surface area contributed by atoms with Gasteiger partial charge in [-0.1, -0.05) is 171 Å². The van der Waals surface area contributed by atoms with Crippen molar-refractivity contribution in [3.8, 4) is 44.5 Å². The first-order valence-corrected chi connectivity index (χ1v) is 17.5. The van der Waals surface area contributed by atoms with E-state index in [4.69, 9.17) is 9.90 Å². The molecular weight excluding hydrogens is 629 g/mol. The Labute approximate surface area is 313 Å². The van der Waals surface area contributed by atoms with Gasteiger partial charge in [0.15, 0.2) is 0 Å². The average molecular weight is 671 g/mol. The van der Waals surface area contributed by atoms with E-state index in [2.05, 4.69) is 50.2 Å². The Bertz CT molecular complexity index is 3470. The fourth-order valence-electron chi connectivity index (χ4n) is 8.76. The van der Waals surface area contributed by atoms with Gasteiger partial charge in [-0.15, -0.1) is 0 Å². The lowest BCUT2D eigenvalue weighted by Gasteiger charge is -2.22. The Kier molecular flexibility index (Phi) is 4.64. The van der Waals surface area contributed by atoms with E-state index in [9.17, 15) is 5.48 Å². The summed E-state index contributed by atoms with van der Waals surface area (Å²) in [7, 11) is 0. The van der Waals surface area contributed by atoms with Crippen molar-refractivity contribution in [3.63, 3.8) is 0 Å². The van der Waals surface area contributed by atoms with Gasteiger partial charge in [-0.2, -0.15) is 0 Å². The molecule has 0 spiro atoms. The van der Waals surface area contributed by atoms with Crippen LogP contribution in [0.15, 0.2) is 174 Å². The Morgan fingerprint density at radius 3 is 1.81 bits per heavy atom. The Morgan fingerprint density at radius 1 is 0.442 bits per heavy atom. The van der Waals surface area contributed by atoms with Gasteiger partial charge in [-0.25, -0.2) is 0 Å². The van der Waals surface area contributed by atoms with Crippen molar-refractivity contribution >= 4 is 54.3 Å². The quantitative estimate of drug-likeness (QED) is 0.171. The molecule has 0 fully saturated rings. The van der Waals surface area contributed by atoms with Gasteiger partial charge in [0, 0.05) is 21.6 Å². The van der Waals surface area contributed by atoms with E-state index in [1.54, 1.807) is 0 Å². The first-order valence-electron chi connectivity index (χ1n) is 21.5. The second-order valence-electron chi connectivity index (χ2n) is 14.2. The van der Waals surface area contributed by atoms with Crippen LogP contribution in [0.3, 0.4) is 0 Å². The van der Waals surface area contributed by atoms with Crippen LogP contribution in [0.1, 0.15) is 35.9 Å². The van der Waals surface area contributed by atoms with E-state index in [0.717, 1.165) is 66.1 Å². The lowest BCUT2D eigenvalue weighted by Crippen LogP contribution is -2.14. The highest BCUT2D eigenvalue weighted by atomic mass is 16.3. The maximum absolute atomic E-state index is 9.52. The number of furan rings is 1. The van der Waals surface area contributed by atoms with Gasteiger partial charge in [0.05, 0.1) is 11.0 Å². The van der Waals surface area contributed by atoms with Crippen LogP contribution in [0.4, 0.5) is 0 Å². The highest BCUT2D eigenvalue weighted by Crippen LogP contribution is 2.54. The van der Waals surface area contributed by atoms with Crippen LogP contribution >= 0.6 is 0 Å². The van der Waals surface area contributed by atoms with Gasteiger partial charge >= 0.3 is 0 Å². The lowest BCUT2D eigenvalue weighted by molar-refractivity contribution is 0.660. The van der Waals surface area contributed by atoms with Crippen molar-refractivity contribution in [1.82, 2.24) is 0 Å². The highest BCUT2D eigenvalue weighted by Gasteiger charge is 2.37. The van der Waals surface area contributed by atoms with Gasteiger partial charge in [0.2, 0.25) is 0 Å². The number of fused-ring (bicyclic) bond motifs is 10. The summed E-state index contributed by atoms with van der Waals surface area (Å²) in [5.41, 5.74) is 8.86. The minimum absolute atomic E-state index is 0.194. The molecule has 244 valence electrons. The fraction of sp³-hybridized carbons (Fsp3) is 0.0588. The van der Waals surface area contributed by atoms with E-state index >= 15 is 0 Å². The molecule has 1 aliphatic rings. The van der Waals surface area contributed by atoms with Gasteiger partial charge in [-0.05, 0) is 94.7 Å². The third-order valence-electron chi connectivity index (χ3n) is 11.1. The second kappa shape index (κ2) is 10.8. The molecule has 1 aromatic heterocycles. The molecule has 9 aromatic carbocycles. The molecule has 0 saturated heterocycles. The van der Waals surface area contributed by atoms with Crippen LogP contribution in [0.25, 0.3) is 98.8 Å². The summed E-state index contributed by atoms with van der Waals surface area (Å²) in [6.07, 6.45) is 0. The van der Waals surface area contributed by atoms with Crippen molar-refractivity contribution in [2.24, 2.45) is 0 Å². The molecule has 0 aliphatic heterocycles. The molecule has 0 amide bonds. The van der Waals surface area contributed by atoms with Crippen LogP contribution in [0, 0.1) is 0 Å². The summed E-state index contributed by atoms with van der Waals surface area (Å²) in [4.78, 5) is 0. The van der Waals surface area contributed by atoms with Crippen LogP contribution in [-0.4, -0.2) is 0 Å². The second-order valence-corrected chi connectivity index (χ2v) is 14.2. The van der Waals surface area contributed by atoms with Crippen molar-refractivity contribution in [1.29, 1.82) is 0 Å². The largest absolute Gasteiger partial charge is 0.455 e. The minimum atomic E-state index is -0.424. The third kappa shape index (κ3) is 3.99. The number of hydrogen-bond acceptors (Lipinski definition) is 1. The topological polar surface area (TPSA) is 13.1 Å². The summed E-state index contributed by atoms with van der Waals surface area (Å²) in [6, 6.07) is 37.2. The maximum atomic E-state index is 9.52. The SMILES string of the molecule is [2H]c1c([2H])c([2H])c2c(-c3cccc4c3-c3ccccc3C4(C)C)c3c([2H])c([2H])c([2H])c([2H])c3c(-c3ccc(-c4cccc5oc6c7ccccc7ccc6c45)cc3)c2c1[2H]. The molecule has 0 unspecified atom stereocenters. The molecule has 1 aliphatic carbocycles. The molecule has 0 N–H and O–H groups in total. The Balaban J connectivity index is 1.24. The van der Waals surface area contributed by atoms with Crippen molar-refractivity contribution in [2.75, 3.05) is 0 Å². The highest BCUT2D eigenvalue weighted by molar-refractivity contribution is 6.23. The molecule has 1 nitrogen and oxygen atoms in total. The summed E-state index contributed by atoms with van der Waals surface area (Å²) in [6.45, 7) is 4.31. The monoisotopic (exact) mass is 670 g/mol. The van der Waals surface area contributed by atoms with Crippen molar-refractivity contribution in [3.05, 3.63) is 181 Å². The van der Waals surface area contributed by atoms with E-state index < -0.39 is 29.6 Å². The zero-order valence-electron chi connectivity index (χ0n) is 36.5. The molecule has 1 heterocycles. The normalized spacial score (nSPS) is 15.5. The zero-order valence-corrected chi connectivity index (χ0v) is 28.5. The molecule has 0 saturated carbocycles. The van der Waals surface area contributed by atoms with Crippen molar-refractivity contribution < 1.29 is 15.4 Å². The first-order chi connectivity index (χ1) is 28.9. The molecule has 52 heavy (non-hydrogen) atoms. The summed E-state index contributed by atoms with van der Waals surface area (Å²) >= 11 is 0. The molecule has 0 atom stereocenters. The minimum Gasteiger partial charge on any atom is -0.455 e. The predicted molar refractivity (Wildman–Crippen MR) is 220 cm³/mol. The molecule has 10 aromatic rings. The molecular formula is C51H34O. The zero-order chi connectivity index (χ0) is 41.5. The number of rotatable bonds is 3. The third-order valence-corrected chi connectivity index (χ3v) is 11.1. The van der Waals surface area contributed by atoms with E-state index in [0.29, 0.717) is 22.3 Å². The van der Waals surface area contributed by atoms with Crippen molar-refractivity contribution in [2.45, 2.75) is 19.3 Å². The lowest BCUT2D eigenvalue weighted by atomic mass is 9.80. The average Bonchev–Trinajstić information content (AvgIpc) is 3.78. The molecule has 0 bridgehead atoms. The molecule has 1 heteroatoms. The van der Waals surface area contributed by atoms with Crippen LogP contribution in [-0.2, 0) is 5.41 Å². The fourth-order valence-corrected chi connectivity index (χ4v) is 8.76. The van der Waals surface area contributed by atoms with Gasteiger partial charge in [-0.3, -0.25) is 0 Å². The number of hydrogen-bond donors (Lipinski definition) is 0. The van der Waals surface area contributed by atoms with E-state index in [1.807, 2.05) is 84.9 Å². The predicted octanol–water partition coefficient (Wildman–Crippen LogP) is 14.4. The van der Waals surface area contributed by atoms with Gasteiger partial charge < -0.3 is 4.42 Å². The van der Waals surface area contributed by atoms with E-state index in [1.165, 1.54) is 0 Å². The van der Waals surface area contributed by atoms with Gasteiger partial charge in [0.25, 0.3) is 0 Å². The van der Waals surface area contributed by atoms with Crippen LogP contribution in [0.2, 0.25) is 0 Å². The maximum Gasteiger partial charge on any atom is 0.143 e. The van der Waals surface area contributed by atoms with Gasteiger partial charge in [0.1, 0.15) is 11.2 Å². The Hall–Kier alpha value is -6.44. The number of benzene rings is 9. The standard InChI is InChI=1S/C51H34O/c1-51(2)43-22-10-9-19-40(43)48-41(21-11-23-44(48)51)47-38-17-7-5-15-36(38)46(37-16-6-8-18-39(37)47)33-27-25-32(26-28-33)34-20-12-24-45-49(34)42-30-29-31-13-3-4-14-35(31)50(42)52-45/h3-30H,1-2H3/i5D,6D,7D,8D,15D,16D,17D,18D. The molecule has 11 rings (SSSR count). The summed E-state index contributed by atoms with van der Waals surface area (Å²) < 4.78 is 80.2. The van der Waals surface area contributed by atoms with Crippen LogP contribution < -0.4 is 0 Å². The van der Waals surface area contributed by atoms with E-state index in [-0.39, 0.29) is 45.7 Å². The smallest absolute Gasteiger partial charge is 0.143 e.